The van der Waals surface area contributed by atoms with Crippen LogP contribution < -0.4 is 5.32 Å². The van der Waals surface area contributed by atoms with Crippen LogP contribution in [0.1, 0.15) is 46.5 Å². The van der Waals surface area contributed by atoms with Crippen LogP contribution in [-0.2, 0) is 4.74 Å². The zero-order valence-corrected chi connectivity index (χ0v) is 13.0. The molecule has 0 aromatic rings. The minimum Gasteiger partial charge on any atom is -0.377 e. The van der Waals surface area contributed by atoms with Crippen molar-refractivity contribution in [3.8, 4) is 0 Å². The molecule has 3 heteroatoms. The molecule has 0 radical (unpaired) electrons. The summed E-state index contributed by atoms with van der Waals surface area (Å²) in [5.74, 6) is 0.943. The summed E-state index contributed by atoms with van der Waals surface area (Å²) in [7, 11) is 3.85. The van der Waals surface area contributed by atoms with Crippen molar-refractivity contribution >= 4 is 0 Å². The molecule has 1 rings (SSSR count). The lowest BCUT2D eigenvalue weighted by molar-refractivity contribution is -0.0176. The van der Waals surface area contributed by atoms with Gasteiger partial charge >= 0.3 is 0 Å². The van der Waals surface area contributed by atoms with Crippen molar-refractivity contribution in [3.63, 3.8) is 0 Å². The van der Waals surface area contributed by atoms with Crippen molar-refractivity contribution in [1.82, 2.24) is 10.2 Å². The van der Waals surface area contributed by atoms with Gasteiger partial charge in [0.15, 0.2) is 0 Å². The number of hydrogen-bond donors (Lipinski definition) is 1. The number of ether oxygens (including phenoxy) is 1. The second kappa shape index (κ2) is 7.46. The molecule has 0 spiro atoms. The highest BCUT2D eigenvalue weighted by molar-refractivity contribution is 4.87. The Kier molecular flexibility index (Phi) is 6.61. The van der Waals surface area contributed by atoms with E-state index in [4.69, 9.17) is 4.74 Å². The number of likely N-dealkylation sites (N-methyl/N-ethyl adjacent to an activating group) is 1. The van der Waals surface area contributed by atoms with E-state index in [-0.39, 0.29) is 5.60 Å². The summed E-state index contributed by atoms with van der Waals surface area (Å²) in [5.41, 5.74) is -0.106. The highest BCUT2D eigenvalue weighted by atomic mass is 16.5. The standard InChI is InChI=1S/C15H32N2O/c1-6-13-8-7-10-17(11-9-13)12-14(16-4)15(2,3)18-5/h13-14,16H,6-12H2,1-5H3. The number of hydrogen-bond acceptors (Lipinski definition) is 3. The molecule has 0 aromatic heterocycles. The van der Waals surface area contributed by atoms with Gasteiger partial charge in [-0.05, 0) is 59.2 Å². The lowest BCUT2D eigenvalue weighted by Gasteiger charge is -2.36. The van der Waals surface area contributed by atoms with E-state index in [2.05, 4.69) is 31.0 Å². The molecule has 2 unspecified atom stereocenters. The van der Waals surface area contributed by atoms with E-state index < -0.39 is 0 Å². The highest BCUT2D eigenvalue weighted by Crippen LogP contribution is 2.22. The smallest absolute Gasteiger partial charge is 0.0787 e. The minimum atomic E-state index is -0.106. The van der Waals surface area contributed by atoms with Gasteiger partial charge in [-0.3, -0.25) is 0 Å². The van der Waals surface area contributed by atoms with Crippen molar-refractivity contribution in [2.75, 3.05) is 33.8 Å². The number of nitrogens with one attached hydrogen (secondary N) is 1. The second-order valence-electron chi connectivity index (χ2n) is 6.15. The average molecular weight is 256 g/mol. The van der Waals surface area contributed by atoms with Crippen LogP contribution >= 0.6 is 0 Å². The van der Waals surface area contributed by atoms with Crippen LogP contribution in [0.3, 0.4) is 0 Å². The first-order valence-electron chi connectivity index (χ1n) is 7.48. The number of methoxy groups -OCH3 is 1. The first-order chi connectivity index (χ1) is 8.53. The molecule has 108 valence electrons. The molecule has 18 heavy (non-hydrogen) atoms. The maximum atomic E-state index is 5.62. The Labute approximate surface area is 113 Å². The Bertz CT molecular complexity index is 231. The fourth-order valence-electron chi connectivity index (χ4n) is 2.87. The summed E-state index contributed by atoms with van der Waals surface area (Å²) in [4.78, 5) is 2.61. The Hall–Kier alpha value is -0.120. The fraction of sp³-hybridized carbons (Fsp3) is 1.00. The molecule has 1 fully saturated rings. The molecule has 0 aromatic carbocycles. The van der Waals surface area contributed by atoms with Crippen molar-refractivity contribution in [1.29, 1.82) is 0 Å². The highest BCUT2D eigenvalue weighted by Gasteiger charge is 2.30. The maximum Gasteiger partial charge on any atom is 0.0787 e. The van der Waals surface area contributed by atoms with Gasteiger partial charge in [0, 0.05) is 19.7 Å². The summed E-state index contributed by atoms with van der Waals surface area (Å²) >= 11 is 0. The van der Waals surface area contributed by atoms with Crippen LogP contribution in [0.25, 0.3) is 0 Å². The van der Waals surface area contributed by atoms with E-state index in [1.807, 2.05) is 7.05 Å². The number of nitrogens with zero attached hydrogens (tertiary/aromatic N) is 1. The van der Waals surface area contributed by atoms with Gasteiger partial charge in [-0.1, -0.05) is 13.3 Å². The van der Waals surface area contributed by atoms with Gasteiger partial charge in [0.25, 0.3) is 0 Å². The summed E-state index contributed by atoms with van der Waals surface area (Å²) in [5, 5.41) is 3.42. The molecule has 3 nitrogen and oxygen atoms in total. The molecular formula is C15H32N2O. The van der Waals surface area contributed by atoms with Crippen molar-refractivity contribution < 1.29 is 4.74 Å². The van der Waals surface area contributed by atoms with Gasteiger partial charge < -0.3 is 15.0 Å². The third-order valence-corrected chi connectivity index (χ3v) is 4.67. The predicted octanol–water partition coefficient (Wildman–Crippen LogP) is 2.51. The average Bonchev–Trinajstić information content (AvgIpc) is 2.60. The molecule has 2 atom stereocenters. The zero-order valence-electron chi connectivity index (χ0n) is 13.0. The van der Waals surface area contributed by atoms with Crippen LogP contribution in [0.4, 0.5) is 0 Å². The fourth-order valence-corrected chi connectivity index (χ4v) is 2.87. The summed E-state index contributed by atoms with van der Waals surface area (Å²) in [6, 6.07) is 0.390. The van der Waals surface area contributed by atoms with Gasteiger partial charge in [-0.25, -0.2) is 0 Å². The van der Waals surface area contributed by atoms with Gasteiger partial charge in [0.2, 0.25) is 0 Å². The molecular weight excluding hydrogens is 224 g/mol. The van der Waals surface area contributed by atoms with Crippen LogP contribution in [0.15, 0.2) is 0 Å². The van der Waals surface area contributed by atoms with Crippen LogP contribution in [-0.4, -0.2) is 50.3 Å². The Morgan fingerprint density at radius 2 is 2.06 bits per heavy atom. The molecule has 0 saturated carbocycles. The van der Waals surface area contributed by atoms with Crippen LogP contribution in [0, 0.1) is 5.92 Å². The lowest BCUT2D eigenvalue weighted by Crippen LogP contribution is -2.53. The summed E-state index contributed by atoms with van der Waals surface area (Å²) in [6.07, 6.45) is 5.46. The molecule has 1 heterocycles. The van der Waals surface area contributed by atoms with Gasteiger partial charge in [0.1, 0.15) is 0 Å². The number of rotatable bonds is 6. The van der Waals surface area contributed by atoms with E-state index in [0.717, 1.165) is 12.5 Å². The van der Waals surface area contributed by atoms with Gasteiger partial charge in [-0.15, -0.1) is 0 Å². The first-order valence-corrected chi connectivity index (χ1v) is 7.48. The molecule has 0 amide bonds. The van der Waals surface area contributed by atoms with E-state index >= 15 is 0 Å². The Morgan fingerprint density at radius 1 is 1.33 bits per heavy atom. The van der Waals surface area contributed by atoms with Crippen molar-refractivity contribution in [2.45, 2.75) is 58.1 Å². The normalized spacial score (nSPS) is 24.8. The maximum absolute atomic E-state index is 5.62. The molecule has 1 N–H and O–H groups in total. The summed E-state index contributed by atoms with van der Waals surface area (Å²) < 4.78 is 5.62. The molecule has 1 aliphatic rings. The topological polar surface area (TPSA) is 24.5 Å². The molecule has 0 aliphatic carbocycles. The first kappa shape index (κ1) is 15.9. The van der Waals surface area contributed by atoms with Crippen molar-refractivity contribution in [3.05, 3.63) is 0 Å². The molecule has 1 saturated heterocycles. The largest absolute Gasteiger partial charge is 0.377 e. The van der Waals surface area contributed by atoms with E-state index in [1.54, 1.807) is 7.11 Å². The van der Waals surface area contributed by atoms with E-state index in [0.29, 0.717) is 6.04 Å². The second-order valence-corrected chi connectivity index (χ2v) is 6.15. The van der Waals surface area contributed by atoms with Crippen LogP contribution in [0.5, 0.6) is 0 Å². The quantitative estimate of drug-likeness (QED) is 0.790. The molecule has 1 aliphatic heterocycles. The lowest BCUT2D eigenvalue weighted by atomic mass is 9.97. The minimum absolute atomic E-state index is 0.106. The van der Waals surface area contributed by atoms with Crippen LogP contribution in [0.2, 0.25) is 0 Å². The number of likely N-dealkylation sites (tertiary alicyclic amines) is 1. The van der Waals surface area contributed by atoms with Gasteiger partial charge in [0.05, 0.1) is 5.60 Å². The Morgan fingerprint density at radius 3 is 2.61 bits per heavy atom. The molecule has 0 bridgehead atoms. The Balaban J connectivity index is 2.49. The SMILES string of the molecule is CCC1CCCN(CC(NC)C(C)(C)OC)CC1. The predicted molar refractivity (Wildman–Crippen MR) is 78.0 cm³/mol. The van der Waals surface area contributed by atoms with Gasteiger partial charge in [-0.2, -0.15) is 0 Å². The third kappa shape index (κ3) is 4.52. The van der Waals surface area contributed by atoms with E-state index in [1.165, 1.54) is 38.8 Å². The summed E-state index contributed by atoms with van der Waals surface area (Å²) in [6.45, 7) is 10.2. The van der Waals surface area contributed by atoms with Crippen molar-refractivity contribution in [2.24, 2.45) is 5.92 Å². The zero-order chi connectivity index (χ0) is 13.6. The van der Waals surface area contributed by atoms with E-state index in [9.17, 15) is 0 Å². The monoisotopic (exact) mass is 256 g/mol. The third-order valence-electron chi connectivity index (χ3n) is 4.67.